The number of aryl methyl sites for hydroxylation is 2. The number of benzene rings is 2. The van der Waals surface area contributed by atoms with Crippen molar-refractivity contribution in [3.63, 3.8) is 0 Å². The Morgan fingerprint density at radius 3 is 2.37 bits per heavy atom. The molecule has 1 atom stereocenters. The molecule has 5 nitrogen and oxygen atoms in total. The minimum absolute atomic E-state index is 0.0642. The van der Waals surface area contributed by atoms with Crippen LogP contribution in [-0.2, 0) is 0 Å². The number of hydrogen-bond donors (Lipinski definition) is 0. The summed E-state index contributed by atoms with van der Waals surface area (Å²) in [6.07, 6.45) is 1.12. The smallest absolute Gasteiger partial charge is 0.218 e. The highest BCUT2D eigenvalue weighted by atomic mass is 16.5. The van der Waals surface area contributed by atoms with E-state index in [9.17, 15) is 4.79 Å². The number of aliphatic imine (C=N–C) groups is 1. The van der Waals surface area contributed by atoms with Crippen molar-refractivity contribution >= 4 is 17.8 Å². The van der Waals surface area contributed by atoms with Crippen molar-refractivity contribution in [2.75, 3.05) is 27.7 Å². The number of carbonyl (C=O) groups is 1. The van der Waals surface area contributed by atoms with E-state index in [0.29, 0.717) is 11.3 Å². The fraction of sp³-hybridized carbons (Fsp3) is 0.364. The molecule has 2 aromatic rings. The Morgan fingerprint density at radius 2 is 1.78 bits per heavy atom. The lowest BCUT2D eigenvalue weighted by molar-refractivity contribution is 0.0446. The molecule has 1 unspecified atom stereocenters. The van der Waals surface area contributed by atoms with Gasteiger partial charge in [-0.25, -0.2) is 4.99 Å². The van der Waals surface area contributed by atoms with Gasteiger partial charge in [-0.15, -0.1) is 0 Å². The van der Waals surface area contributed by atoms with Crippen LogP contribution in [0.15, 0.2) is 47.5 Å². The minimum Gasteiger partial charge on any atom is -0.467 e. The topological polar surface area (TPSA) is 45.1 Å². The summed E-state index contributed by atoms with van der Waals surface area (Å²) in [6, 6.07) is 13.3. The lowest BCUT2D eigenvalue weighted by Gasteiger charge is -2.25. The Hall–Kier alpha value is -2.66. The van der Waals surface area contributed by atoms with Crippen LogP contribution in [0.4, 0.5) is 5.69 Å². The summed E-state index contributed by atoms with van der Waals surface area (Å²) in [7, 11) is 5.66. The van der Waals surface area contributed by atoms with E-state index in [4.69, 9.17) is 4.74 Å². The van der Waals surface area contributed by atoms with Crippen molar-refractivity contribution < 1.29 is 9.53 Å². The maximum Gasteiger partial charge on any atom is 0.218 e. The van der Waals surface area contributed by atoms with E-state index in [1.807, 2.05) is 88.7 Å². The number of hydrogen-bond acceptors (Lipinski definition) is 4. The van der Waals surface area contributed by atoms with Crippen molar-refractivity contribution in [3.8, 4) is 5.75 Å². The number of ether oxygens (including phenoxy) is 1. The SMILES string of the molecule is CCN(C)/C=N\c1cc(C)c(C(=O)C(Oc2ccccc2)N(C)C)cc1C. The second-order valence-electron chi connectivity index (χ2n) is 6.88. The predicted molar refractivity (Wildman–Crippen MR) is 111 cm³/mol. The summed E-state index contributed by atoms with van der Waals surface area (Å²) in [5, 5.41) is 0. The maximum atomic E-state index is 13.2. The van der Waals surface area contributed by atoms with Crippen LogP contribution in [0.1, 0.15) is 28.4 Å². The van der Waals surface area contributed by atoms with E-state index < -0.39 is 6.23 Å². The molecule has 0 aromatic heterocycles. The number of carbonyl (C=O) groups excluding carboxylic acids is 1. The summed E-state index contributed by atoms with van der Waals surface area (Å²) < 4.78 is 5.95. The van der Waals surface area contributed by atoms with E-state index in [1.54, 1.807) is 4.90 Å². The molecule has 0 bridgehead atoms. The van der Waals surface area contributed by atoms with E-state index in [0.717, 1.165) is 23.4 Å². The highest BCUT2D eigenvalue weighted by molar-refractivity contribution is 6.01. The number of ketones is 1. The van der Waals surface area contributed by atoms with E-state index in [-0.39, 0.29) is 5.78 Å². The van der Waals surface area contributed by atoms with E-state index in [2.05, 4.69) is 11.9 Å². The molecule has 0 saturated heterocycles. The molecule has 0 aliphatic rings. The van der Waals surface area contributed by atoms with E-state index >= 15 is 0 Å². The fourth-order valence-corrected chi connectivity index (χ4v) is 2.60. The van der Waals surface area contributed by atoms with Crippen LogP contribution in [-0.4, -0.2) is 55.8 Å². The Labute approximate surface area is 162 Å². The summed E-state index contributed by atoms with van der Waals surface area (Å²) in [5.41, 5.74) is 3.38. The maximum absolute atomic E-state index is 13.2. The molecule has 27 heavy (non-hydrogen) atoms. The first kappa shape index (κ1) is 20.6. The van der Waals surface area contributed by atoms with Crippen LogP contribution in [0, 0.1) is 13.8 Å². The van der Waals surface area contributed by atoms with Crippen molar-refractivity contribution in [1.82, 2.24) is 9.80 Å². The summed E-state index contributed by atoms with van der Waals surface area (Å²) in [5.74, 6) is 0.605. The molecule has 0 aliphatic heterocycles. The van der Waals surface area contributed by atoms with Crippen molar-refractivity contribution in [2.45, 2.75) is 27.0 Å². The van der Waals surface area contributed by atoms with Gasteiger partial charge in [-0.1, -0.05) is 18.2 Å². The van der Waals surface area contributed by atoms with E-state index in [1.165, 1.54) is 0 Å². The normalized spacial score (nSPS) is 12.4. The zero-order valence-corrected chi connectivity index (χ0v) is 17.1. The number of rotatable bonds is 8. The van der Waals surface area contributed by atoms with Crippen molar-refractivity contribution in [2.24, 2.45) is 4.99 Å². The zero-order chi connectivity index (χ0) is 20.0. The van der Waals surface area contributed by atoms with Gasteiger partial charge in [0.15, 0.2) is 0 Å². The Kier molecular flexibility index (Phi) is 7.13. The Bertz CT molecular complexity index is 801. The van der Waals surface area contributed by atoms with Gasteiger partial charge in [-0.3, -0.25) is 9.69 Å². The lowest BCUT2D eigenvalue weighted by Crippen LogP contribution is -2.41. The summed E-state index contributed by atoms with van der Waals surface area (Å²) >= 11 is 0. The molecule has 2 rings (SSSR count). The van der Waals surface area contributed by atoms with Gasteiger partial charge in [0.2, 0.25) is 12.0 Å². The van der Waals surface area contributed by atoms with Gasteiger partial charge in [0.1, 0.15) is 5.75 Å². The third-order valence-corrected chi connectivity index (χ3v) is 4.39. The molecule has 0 heterocycles. The van der Waals surface area contributed by atoms with Gasteiger partial charge in [0, 0.05) is 19.2 Å². The molecule has 0 saturated carbocycles. The first-order chi connectivity index (χ1) is 12.8. The molecule has 5 heteroatoms. The van der Waals surface area contributed by atoms with Crippen LogP contribution in [0.2, 0.25) is 0 Å². The molecule has 0 amide bonds. The largest absolute Gasteiger partial charge is 0.467 e. The van der Waals surface area contributed by atoms with Gasteiger partial charge in [-0.2, -0.15) is 0 Å². The van der Waals surface area contributed by atoms with Crippen LogP contribution >= 0.6 is 0 Å². The average molecular weight is 367 g/mol. The average Bonchev–Trinajstić information content (AvgIpc) is 2.66. The molecule has 0 fully saturated rings. The summed E-state index contributed by atoms with van der Waals surface area (Å²) in [6.45, 7) is 6.86. The molecule has 2 aromatic carbocycles. The zero-order valence-electron chi connectivity index (χ0n) is 17.1. The third-order valence-electron chi connectivity index (χ3n) is 4.39. The molecule has 0 radical (unpaired) electrons. The summed E-state index contributed by atoms with van der Waals surface area (Å²) in [4.78, 5) is 21.5. The molecular formula is C22H29N3O2. The van der Waals surface area contributed by atoms with Gasteiger partial charge in [0.25, 0.3) is 0 Å². The van der Waals surface area contributed by atoms with Crippen molar-refractivity contribution in [3.05, 3.63) is 59.2 Å². The van der Waals surface area contributed by atoms with Crippen molar-refractivity contribution in [1.29, 1.82) is 0 Å². The van der Waals surface area contributed by atoms with Crippen LogP contribution in [0.25, 0.3) is 0 Å². The molecule has 0 aliphatic carbocycles. The number of likely N-dealkylation sites (N-methyl/N-ethyl adjacent to an activating group) is 1. The number of nitrogens with zero attached hydrogens (tertiary/aromatic N) is 3. The highest BCUT2D eigenvalue weighted by Crippen LogP contribution is 2.25. The second kappa shape index (κ2) is 9.33. The molecule has 0 N–H and O–H groups in total. The number of Topliss-reactive ketones (excluding diaryl/α,β-unsaturated/α-hetero) is 1. The second-order valence-corrected chi connectivity index (χ2v) is 6.88. The first-order valence-electron chi connectivity index (χ1n) is 9.11. The standard InChI is InChI=1S/C22H29N3O2/c1-7-25(6)15-23-20-14-16(2)19(13-17(20)3)21(26)22(24(4)5)27-18-11-9-8-10-12-18/h8-15,22H,7H2,1-6H3/b23-15-. The van der Waals surface area contributed by atoms with Crippen LogP contribution < -0.4 is 4.74 Å². The van der Waals surface area contributed by atoms with Gasteiger partial charge in [-0.05, 0) is 70.3 Å². The number of para-hydroxylation sites is 1. The Morgan fingerprint density at radius 1 is 1.11 bits per heavy atom. The van der Waals surface area contributed by atoms with Gasteiger partial charge >= 0.3 is 0 Å². The Balaban J connectivity index is 2.30. The van der Waals surface area contributed by atoms with Crippen LogP contribution in [0.3, 0.4) is 0 Å². The molecule has 144 valence electrons. The monoisotopic (exact) mass is 367 g/mol. The fourth-order valence-electron chi connectivity index (χ4n) is 2.60. The molecular weight excluding hydrogens is 338 g/mol. The first-order valence-corrected chi connectivity index (χ1v) is 9.11. The molecule has 0 spiro atoms. The third kappa shape index (κ3) is 5.41. The predicted octanol–water partition coefficient (Wildman–Crippen LogP) is 4.06. The highest BCUT2D eigenvalue weighted by Gasteiger charge is 2.26. The lowest BCUT2D eigenvalue weighted by atomic mass is 9.99. The quantitative estimate of drug-likeness (QED) is 0.305. The minimum atomic E-state index is -0.689. The van der Waals surface area contributed by atoms with Crippen LogP contribution in [0.5, 0.6) is 5.75 Å². The van der Waals surface area contributed by atoms with Gasteiger partial charge in [0.05, 0.1) is 12.0 Å². The van der Waals surface area contributed by atoms with Gasteiger partial charge < -0.3 is 9.64 Å².